The second kappa shape index (κ2) is 17.6. The van der Waals surface area contributed by atoms with Gasteiger partial charge in [0.2, 0.25) is 0 Å². The van der Waals surface area contributed by atoms with E-state index in [0.717, 1.165) is 12.5 Å². The fraction of sp³-hybridized carbons (Fsp3) is 0.786. The zero-order chi connectivity index (χ0) is 13.4. The van der Waals surface area contributed by atoms with Crippen LogP contribution in [-0.2, 0) is 4.79 Å². The fourth-order valence-corrected chi connectivity index (χ4v) is 1.39. The van der Waals surface area contributed by atoms with Gasteiger partial charge in [0, 0.05) is 12.7 Å². The van der Waals surface area contributed by atoms with E-state index in [4.69, 9.17) is 10.2 Å². The molecule has 0 saturated heterocycles. The Morgan fingerprint density at radius 2 is 1.47 bits per heavy atom. The number of unbranched alkanes of at least 4 members (excludes halogenated alkanes) is 7. The van der Waals surface area contributed by atoms with Crippen LogP contribution < -0.4 is 0 Å². The van der Waals surface area contributed by atoms with E-state index in [1.165, 1.54) is 51.0 Å². The molecule has 17 heavy (non-hydrogen) atoms. The maximum Gasteiger partial charge on any atom is 0.327 e. The molecular weight excluding hydrogens is 216 g/mol. The lowest BCUT2D eigenvalue weighted by Crippen LogP contribution is -1.83. The number of carbonyl (C=O) groups is 1. The Hall–Kier alpha value is -0.830. The standard InChI is InChI=1S/C10H22O.C4H6O2/c1-2-3-4-5-6-7-8-9-10-11;1-2-3-4(5)6/h11H,2-10H2,1H3;2-3H,1H3,(H,5,6). The summed E-state index contributed by atoms with van der Waals surface area (Å²) < 4.78 is 0. The summed E-state index contributed by atoms with van der Waals surface area (Å²) >= 11 is 0. The van der Waals surface area contributed by atoms with Crippen molar-refractivity contribution in [3.05, 3.63) is 12.2 Å². The van der Waals surface area contributed by atoms with Gasteiger partial charge in [0.1, 0.15) is 0 Å². The summed E-state index contributed by atoms with van der Waals surface area (Å²) in [5.74, 6) is -0.891. The van der Waals surface area contributed by atoms with E-state index in [0.29, 0.717) is 6.61 Å². The second-order valence-electron chi connectivity index (χ2n) is 4.04. The molecule has 0 amide bonds. The lowest BCUT2D eigenvalue weighted by molar-refractivity contribution is -0.131. The van der Waals surface area contributed by atoms with Gasteiger partial charge in [-0.25, -0.2) is 4.79 Å². The van der Waals surface area contributed by atoms with Crippen LogP contribution in [0.25, 0.3) is 0 Å². The van der Waals surface area contributed by atoms with Gasteiger partial charge < -0.3 is 10.2 Å². The molecule has 0 radical (unpaired) electrons. The van der Waals surface area contributed by atoms with Crippen LogP contribution in [0.2, 0.25) is 0 Å². The Bertz CT molecular complexity index is 168. The zero-order valence-electron chi connectivity index (χ0n) is 11.3. The smallest absolute Gasteiger partial charge is 0.327 e. The normalized spacial score (nSPS) is 10.1. The summed E-state index contributed by atoms with van der Waals surface area (Å²) in [6.07, 6.45) is 12.9. The van der Waals surface area contributed by atoms with Gasteiger partial charge in [-0.3, -0.25) is 0 Å². The number of rotatable bonds is 9. The molecule has 0 bridgehead atoms. The third kappa shape index (κ3) is 25.4. The number of allylic oxidation sites excluding steroid dienone is 1. The molecule has 2 N–H and O–H groups in total. The molecular formula is C14H28O3. The maximum absolute atomic E-state index is 9.51. The van der Waals surface area contributed by atoms with Crippen LogP contribution in [0.5, 0.6) is 0 Å². The van der Waals surface area contributed by atoms with E-state index in [2.05, 4.69) is 6.92 Å². The van der Waals surface area contributed by atoms with Gasteiger partial charge in [-0.15, -0.1) is 0 Å². The van der Waals surface area contributed by atoms with Crippen LogP contribution in [0, 0.1) is 0 Å². The highest BCUT2D eigenvalue weighted by Gasteiger charge is 1.89. The van der Waals surface area contributed by atoms with Crippen molar-refractivity contribution >= 4 is 5.97 Å². The molecule has 0 aliphatic heterocycles. The van der Waals surface area contributed by atoms with Crippen LogP contribution >= 0.6 is 0 Å². The molecule has 102 valence electrons. The molecule has 0 aromatic rings. The van der Waals surface area contributed by atoms with Crippen molar-refractivity contribution in [2.24, 2.45) is 0 Å². The lowest BCUT2D eigenvalue weighted by Gasteiger charge is -1.98. The molecule has 0 heterocycles. The minimum atomic E-state index is -0.891. The summed E-state index contributed by atoms with van der Waals surface area (Å²) in [7, 11) is 0. The molecule has 0 fully saturated rings. The van der Waals surface area contributed by atoms with E-state index in [1.807, 2.05) is 0 Å². The van der Waals surface area contributed by atoms with Gasteiger partial charge in [-0.2, -0.15) is 0 Å². The predicted octanol–water partition coefficient (Wildman–Crippen LogP) is 3.77. The summed E-state index contributed by atoms with van der Waals surface area (Å²) in [4.78, 5) is 9.51. The first-order valence-corrected chi connectivity index (χ1v) is 6.65. The molecule has 0 aliphatic rings. The monoisotopic (exact) mass is 244 g/mol. The van der Waals surface area contributed by atoms with Crippen LogP contribution in [0.4, 0.5) is 0 Å². The van der Waals surface area contributed by atoms with Crippen molar-refractivity contribution in [3.8, 4) is 0 Å². The number of carboxylic acids is 1. The second-order valence-corrected chi connectivity index (χ2v) is 4.04. The van der Waals surface area contributed by atoms with Crippen molar-refractivity contribution in [2.75, 3.05) is 6.61 Å². The highest BCUT2D eigenvalue weighted by Crippen LogP contribution is 2.07. The number of carboxylic acid groups (broad SMARTS) is 1. The quantitative estimate of drug-likeness (QED) is 0.479. The molecule has 3 nitrogen and oxygen atoms in total. The summed E-state index contributed by atoms with van der Waals surface area (Å²) in [6.45, 7) is 4.27. The Morgan fingerprint density at radius 3 is 1.76 bits per heavy atom. The highest BCUT2D eigenvalue weighted by molar-refractivity contribution is 5.79. The predicted molar refractivity (Wildman–Crippen MR) is 72.1 cm³/mol. The summed E-state index contributed by atoms with van der Waals surface area (Å²) in [6, 6.07) is 0. The van der Waals surface area contributed by atoms with Gasteiger partial charge in [0.05, 0.1) is 0 Å². The first-order valence-electron chi connectivity index (χ1n) is 6.65. The first kappa shape index (κ1) is 18.5. The zero-order valence-corrected chi connectivity index (χ0v) is 11.3. The Balaban J connectivity index is 0. The van der Waals surface area contributed by atoms with Crippen LogP contribution in [0.15, 0.2) is 12.2 Å². The average molecular weight is 244 g/mol. The molecule has 0 saturated carbocycles. The van der Waals surface area contributed by atoms with Gasteiger partial charge in [0.25, 0.3) is 0 Å². The molecule has 0 atom stereocenters. The van der Waals surface area contributed by atoms with E-state index in [-0.39, 0.29) is 0 Å². The van der Waals surface area contributed by atoms with E-state index in [9.17, 15) is 4.79 Å². The average Bonchev–Trinajstić information content (AvgIpc) is 2.29. The number of aliphatic hydroxyl groups is 1. The molecule has 0 unspecified atom stereocenters. The highest BCUT2D eigenvalue weighted by atomic mass is 16.4. The van der Waals surface area contributed by atoms with E-state index < -0.39 is 5.97 Å². The third-order valence-electron chi connectivity index (χ3n) is 2.32. The van der Waals surface area contributed by atoms with Crippen molar-refractivity contribution < 1.29 is 15.0 Å². The number of hydrogen-bond donors (Lipinski definition) is 2. The first-order chi connectivity index (χ1) is 8.18. The Kier molecular flexibility index (Phi) is 19.1. The van der Waals surface area contributed by atoms with Crippen molar-refractivity contribution in [3.63, 3.8) is 0 Å². The Labute approximate surface area is 106 Å². The minimum absolute atomic E-state index is 0.370. The van der Waals surface area contributed by atoms with Crippen molar-refractivity contribution in [1.29, 1.82) is 0 Å². The van der Waals surface area contributed by atoms with Crippen molar-refractivity contribution in [1.82, 2.24) is 0 Å². The molecule has 0 aromatic carbocycles. The van der Waals surface area contributed by atoms with E-state index >= 15 is 0 Å². The summed E-state index contributed by atoms with van der Waals surface area (Å²) in [5.41, 5.74) is 0. The molecule has 0 aromatic heterocycles. The molecule has 0 aliphatic carbocycles. The van der Waals surface area contributed by atoms with Crippen molar-refractivity contribution in [2.45, 2.75) is 65.2 Å². The fourth-order valence-electron chi connectivity index (χ4n) is 1.39. The number of hydrogen-bond acceptors (Lipinski definition) is 2. The molecule has 0 rings (SSSR count). The number of aliphatic carboxylic acids is 1. The number of aliphatic hydroxyl groups excluding tert-OH is 1. The largest absolute Gasteiger partial charge is 0.478 e. The van der Waals surface area contributed by atoms with Crippen LogP contribution in [0.3, 0.4) is 0 Å². The van der Waals surface area contributed by atoms with Crippen LogP contribution in [-0.4, -0.2) is 22.8 Å². The van der Waals surface area contributed by atoms with Gasteiger partial charge in [-0.1, -0.05) is 57.9 Å². The minimum Gasteiger partial charge on any atom is -0.478 e. The van der Waals surface area contributed by atoms with Gasteiger partial charge in [0.15, 0.2) is 0 Å². The third-order valence-corrected chi connectivity index (χ3v) is 2.32. The Morgan fingerprint density at radius 1 is 1.00 bits per heavy atom. The SMILES string of the molecule is CC=CC(=O)O.CCCCCCCCCCO. The topological polar surface area (TPSA) is 57.5 Å². The lowest BCUT2D eigenvalue weighted by atomic mass is 10.1. The van der Waals surface area contributed by atoms with Gasteiger partial charge >= 0.3 is 5.97 Å². The van der Waals surface area contributed by atoms with E-state index in [1.54, 1.807) is 6.92 Å². The molecule has 0 spiro atoms. The molecule has 3 heteroatoms. The van der Waals surface area contributed by atoms with Gasteiger partial charge in [-0.05, 0) is 13.3 Å². The summed E-state index contributed by atoms with van der Waals surface area (Å²) in [5, 5.41) is 16.3. The van der Waals surface area contributed by atoms with Crippen LogP contribution in [0.1, 0.15) is 65.2 Å². The maximum atomic E-state index is 9.51.